The second-order valence-corrected chi connectivity index (χ2v) is 7.99. The molecule has 4 nitrogen and oxygen atoms in total. The zero-order valence-corrected chi connectivity index (χ0v) is 15.5. The summed E-state index contributed by atoms with van der Waals surface area (Å²) in [7, 11) is 0. The first kappa shape index (κ1) is 17.8. The highest BCUT2D eigenvalue weighted by molar-refractivity contribution is 6.16. The fourth-order valence-corrected chi connectivity index (χ4v) is 2.36. The quantitative estimate of drug-likeness (QED) is 0.738. The van der Waals surface area contributed by atoms with E-state index in [4.69, 9.17) is 20.8 Å². The van der Waals surface area contributed by atoms with Crippen LogP contribution in [0.5, 0.6) is 5.75 Å². The molecule has 0 fully saturated rings. The van der Waals surface area contributed by atoms with Crippen LogP contribution in [0.4, 0.5) is 0 Å². The van der Waals surface area contributed by atoms with Gasteiger partial charge in [-0.3, -0.25) is 0 Å². The molecule has 1 heterocycles. The normalized spacial score (nSPS) is 12.5. The Kier molecular flexibility index (Phi) is 5.04. The first-order chi connectivity index (χ1) is 10.6. The Hall–Kier alpha value is -1.55. The SMILES string of the molecule is CC(C)(C)c1ccc(OCc2nnc(CCl)o2)c(C(C)(C)C)c1. The summed E-state index contributed by atoms with van der Waals surface area (Å²) in [6, 6.07) is 6.37. The van der Waals surface area contributed by atoms with Gasteiger partial charge in [-0.15, -0.1) is 21.8 Å². The van der Waals surface area contributed by atoms with Crippen molar-refractivity contribution in [3.05, 3.63) is 41.1 Å². The Morgan fingerprint density at radius 2 is 1.65 bits per heavy atom. The van der Waals surface area contributed by atoms with Gasteiger partial charge in [0.25, 0.3) is 5.89 Å². The summed E-state index contributed by atoms with van der Waals surface area (Å²) >= 11 is 5.67. The molecule has 0 aliphatic rings. The van der Waals surface area contributed by atoms with Crippen LogP contribution < -0.4 is 4.74 Å². The number of rotatable bonds is 4. The molecule has 0 aliphatic heterocycles. The number of nitrogens with zero attached hydrogens (tertiary/aromatic N) is 2. The van der Waals surface area contributed by atoms with Gasteiger partial charge in [-0.2, -0.15) is 0 Å². The third kappa shape index (κ3) is 4.47. The van der Waals surface area contributed by atoms with Crippen LogP contribution in [0.25, 0.3) is 0 Å². The topological polar surface area (TPSA) is 48.2 Å². The van der Waals surface area contributed by atoms with Crippen molar-refractivity contribution in [3.63, 3.8) is 0 Å². The van der Waals surface area contributed by atoms with Gasteiger partial charge in [0.05, 0.1) is 0 Å². The molecule has 0 saturated carbocycles. The predicted octanol–water partition coefficient (Wildman–Crippen LogP) is 4.98. The third-order valence-corrected chi connectivity index (χ3v) is 3.86. The maximum atomic E-state index is 5.94. The average molecular weight is 337 g/mol. The van der Waals surface area contributed by atoms with Crippen LogP contribution in [-0.2, 0) is 23.3 Å². The Bertz CT molecular complexity index is 666. The molecule has 126 valence electrons. The van der Waals surface area contributed by atoms with E-state index in [0.29, 0.717) is 11.8 Å². The minimum absolute atomic E-state index is 0.0211. The largest absolute Gasteiger partial charge is 0.484 e. The highest BCUT2D eigenvalue weighted by Crippen LogP contribution is 2.35. The summed E-state index contributed by atoms with van der Waals surface area (Å²) in [6.45, 7) is 13.4. The van der Waals surface area contributed by atoms with Crippen molar-refractivity contribution in [3.8, 4) is 5.75 Å². The van der Waals surface area contributed by atoms with Gasteiger partial charge in [-0.05, 0) is 28.0 Å². The van der Waals surface area contributed by atoms with E-state index in [1.54, 1.807) is 0 Å². The molecule has 2 rings (SSSR count). The molecule has 0 amide bonds. The van der Waals surface area contributed by atoms with E-state index >= 15 is 0 Å². The molecule has 0 N–H and O–H groups in total. The smallest absolute Gasteiger partial charge is 0.253 e. The Labute approximate surface area is 143 Å². The van der Waals surface area contributed by atoms with Gasteiger partial charge in [-0.1, -0.05) is 53.7 Å². The summed E-state index contributed by atoms with van der Waals surface area (Å²) in [6.07, 6.45) is 0. The van der Waals surface area contributed by atoms with E-state index in [9.17, 15) is 0 Å². The van der Waals surface area contributed by atoms with Crippen LogP contribution in [0, 0.1) is 0 Å². The molecule has 0 unspecified atom stereocenters. The molecule has 5 heteroatoms. The summed E-state index contributed by atoms with van der Waals surface area (Å²) in [5.41, 5.74) is 2.53. The van der Waals surface area contributed by atoms with Crippen molar-refractivity contribution >= 4 is 11.6 Å². The molecular formula is C18H25ClN2O2. The van der Waals surface area contributed by atoms with Crippen LogP contribution in [0.15, 0.2) is 22.6 Å². The Balaban J connectivity index is 2.26. The molecule has 0 saturated heterocycles. The second-order valence-electron chi connectivity index (χ2n) is 7.72. The van der Waals surface area contributed by atoms with Crippen LogP contribution in [0.1, 0.15) is 64.5 Å². The van der Waals surface area contributed by atoms with Crippen molar-refractivity contribution in [2.24, 2.45) is 0 Å². The van der Waals surface area contributed by atoms with Crippen molar-refractivity contribution in [1.29, 1.82) is 0 Å². The van der Waals surface area contributed by atoms with Gasteiger partial charge in [0.1, 0.15) is 11.6 Å². The second kappa shape index (κ2) is 6.52. The van der Waals surface area contributed by atoms with Crippen molar-refractivity contribution in [2.45, 2.75) is 64.9 Å². The molecule has 0 radical (unpaired) electrons. The van der Waals surface area contributed by atoms with Crippen LogP contribution >= 0.6 is 11.6 Å². The van der Waals surface area contributed by atoms with Crippen molar-refractivity contribution in [1.82, 2.24) is 10.2 Å². The van der Waals surface area contributed by atoms with Gasteiger partial charge < -0.3 is 9.15 Å². The monoisotopic (exact) mass is 336 g/mol. The molecule has 0 bridgehead atoms. The maximum absolute atomic E-state index is 5.94. The lowest BCUT2D eigenvalue weighted by Gasteiger charge is -2.27. The average Bonchev–Trinajstić information content (AvgIpc) is 2.91. The number of alkyl halides is 1. The highest BCUT2D eigenvalue weighted by Gasteiger charge is 2.23. The van der Waals surface area contributed by atoms with Crippen LogP contribution in [-0.4, -0.2) is 10.2 Å². The molecule has 1 aromatic heterocycles. The van der Waals surface area contributed by atoms with Gasteiger partial charge in [-0.25, -0.2) is 0 Å². The number of aromatic nitrogens is 2. The summed E-state index contributed by atoms with van der Waals surface area (Å²) in [4.78, 5) is 0. The lowest BCUT2D eigenvalue weighted by atomic mass is 9.80. The fraction of sp³-hybridized carbons (Fsp3) is 0.556. The molecule has 0 spiro atoms. The standard InChI is InChI=1S/C18H25ClN2O2/c1-17(2,3)12-7-8-14(13(9-12)18(4,5)6)22-11-16-21-20-15(10-19)23-16/h7-9H,10-11H2,1-6H3. The zero-order chi connectivity index (χ0) is 17.3. The minimum atomic E-state index is -0.0211. The number of hydrogen-bond acceptors (Lipinski definition) is 4. The summed E-state index contributed by atoms with van der Waals surface area (Å²) in [5, 5.41) is 7.76. The van der Waals surface area contributed by atoms with Gasteiger partial charge in [0, 0.05) is 0 Å². The number of ether oxygens (including phenoxy) is 1. The first-order valence-corrected chi connectivity index (χ1v) is 8.30. The molecule has 0 atom stereocenters. The van der Waals surface area contributed by atoms with Gasteiger partial charge in [0.15, 0.2) is 6.61 Å². The molecule has 23 heavy (non-hydrogen) atoms. The summed E-state index contributed by atoms with van der Waals surface area (Å²) in [5.74, 6) is 1.89. The molecule has 0 aliphatic carbocycles. The lowest BCUT2D eigenvalue weighted by molar-refractivity contribution is 0.254. The molecular weight excluding hydrogens is 312 g/mol. The number of halogens is 1. The highest BCUT2D eigenvalue weighted by atomic mass is 35.5. The van der Waals surface area contributed by atoms with E-state index < -0.39 is 0 Å². The number of hydrogen-bond donors (Lipinski definition) is 0. The van der Waals surface area contributed by atoms with E-state index in [-0.39, 0.29) is 23.3 Å². The van der Waals surface area contributed by atoms with Gasteiger partial charge >= 0.3 is 0 Å². The van der Waals surface area contributed by atoms with E-state index in [1.807, 2.05) is 6.07 Å². The lowest BCUT2D eigenvalue weighted by Crippen LogP contribution is -2.17. The van der Waals surface area contributed by atoms with Crippen molar-refractivity contribution in [2.75, 3.05) is 0 Å². The molecule has 1 aromatic carbocycles. The number of benzene rings is 1. The minimum Gasteiger partial charge on any atom is -0.484 e. The third-order valence-electron chi connectivity index (χ3n) is 3.63. The Morgan fingerprint density at radius 3 is 2.17 bits per heavy atom. The fourth-order valence-electron chi connectivity index (χ4n) is 2.25. The maximum Gasteiger partial charge on any atom is 0.253 e. The Morgan fingerprint density at radius 1 is 1.00 bits per heavy atom. The van der Waals surface area contributed by atoms with E-state index in [2.05, 4.69) is 63.9 Å². The summed E-state index contributed by atoms with van der Waals surface area (Å²) < 4.78 is 11.3. The van der Waals surface area contributed by atoms with E-state index in [1.165, 1.54) is 11.1 Å². The van der Waals surface area contributed by atoms with Crippen molar-refractivity contribution < 1.29 is 9.15 Å². The van der Waals surface area contributed by atoms with Crippen LogP contribution in [0.2, 0.25) is 0 Å². The van der Waals surface area contributed by atoms with Gasteiger partial charge in [0.2, 0.25) is 5.89 Å². The van der Waals surface area contributed by atoms with E-state index in [0.717, 1.165) is 5.75 Å². The zero-order valence-electron chi connectivity index (χ0n) is 14.7. The predicted molar refractivity (Wildman–Crippen MR) is 92.0 cm³/mol. The first-order valence-electron chi connectivity index (χ1n) is 7.76. The van der Waals surface area contributed by atoms with Crippen LogP contribution in [0.3, 0.4) is 0 Å². The molecule has 2 aromatic rings.